The van der Waals surface area contributed by atoms with E-state index in [2.05, 4.69) is 0 Å². The lowest BCUT2D eigenvalue weighted by Gasteiger charge is -2.40. The molecule has 0 unspecified atom stereocenters. The van der Waals surface area contributed by atoms with Crippen molar-refractivity contribution >= 4 is 11.8 Å². The van der Waals surface area contributed by atoms with Crippen molar-refractivity contribution < 1.29 is 19.1 Å². The average Bonchev–Trinajstić information content (AvgIpc) is 2.98. The number of aliphatic hydroxyl groups is 1. The SMILES string of the molecule is O=C([C@@H]1C[C@@H]2CCCC[C@@H]2N1C(=O)c1ccc(F)cc1)N1CC(O)C1. The third-order valence-corrected chi connectivity index (χ3v) is 5.87. The molecule has 0 spiro atoms. The Morgan fingerprint density at radius 3 is 2.44 bits per heavy atom. The van der Waals surface area contributed by atoms with Gasteiger partial charge in [0.05, 0.1) is 6.10 Å². The fraction of sp³-hybridized carbons (Fsp3) is 0.579. The third kappa shape index (κ3) is 2.92. The van der Waals surface area contributed by atoms with E-state index >= 15 is 0 Å². The van der Waals surface area contributed by atoms with Crippen LogP contribution in [0.15, 0.2) is 24.3 Å². The molecule has 0 radical (unpaired) electrons. The number of nitrogens with zero attached hydrogens (tertiary/aromatic N) is 2. The van der Waals surface area contributed by atoms with Gasteiger partial charge in [0.15, 0.2) is 0 Å². The molecule has 2 heterocycles. The van der Waals surface area contributed by atoms with Crippen molar-refractivity contribution in [1.29, 1.82) is 0 Å². The van der Waals surface area contributed by atoms with Crippen LogP contribution < -0.4 is 0 Å². The van der Waals surface area contributed by atoms with Gasteiger partial charge in [0, 0.05) is 24.7 Å². The van der Waals surface area contributed by atoms with Crippen molar-refractivity contribution in [3.8, 4) is 0 Å². The number of β-amino-alcohol motifs (C(OH)–C–C–N with tert-alkyl or cyclic N) is 1. The van der Waals surface area contributed by atoms with Gasteiger partial charge in [-0.05, 0) is 49.4 Å². The number of carbonyl (C=O) groups is 2. The number of likely N-dealkylation sites (tertiary alicyclic amines) is 2. The van der Waals surface area contributed by atoms with Gasteiger partial charge in [0.1, 0.15) is 11.9 Å². The summed E-state index contributed by atoms with van der Waals surface area (Å²) in [5.74, 6) is -0.266. The van der Waals surface area contributed by atoms with Crippen LogP contribution in [0.2, 0.25) is 0 Å². The summed E-state index contributed by atoms with van der Waals surface area (Å²) < 4.78 is 13.2. The highest BCUT2D eigenvalue weighted by atomic mass is 19.1. The molecule has 2 amide bonds. The second-order valence-electron chi connectivity index (χ2n) is 7.48. The lowest BCUT2D eigenvalue weighted by Crippen LogP contribution is -2.59. The van der Waals surface area contributed by atoms with Crippen molar-refractivity contribution in [2.75, 3.05) is 13.1 Å². The second-order valence-corrected chi connectivity index (χ2v) is 7.48. The Hall–Kier alpha value is -1.95. The van der Waals surface area contributed by atoms with Crippen LogP contribution in [0.25, 0.3) is 0 Å². The number of halogens is 1. The molecular formula is C19H23FN2O3. The fourth-order valence-corrected chi connectivity index (χ4v) is 4.56. The zero-order valence-corrected chi connectivity index (χ0v) is 14.1. The number of benzene rings is 1. The van der Waals surface area contributed by atoms with Gasteiger partial charge < -0.3 is 14.9 Å². The van der Waals surface area contributed by atoms with Crippen LogP contribution >= 0.6 is 0 Å². The molecule has 1 saturated carbocycles. The average molecular weight is 346 g/mol. The van der Waals surface area contributed by atoms with E-state index in [-0.39, 0.29) is 23.7 Å². The predicted molar refractivity (Wildman–Crippen MR) is 89.3 cm³/mol. The molecule has 2 aliphatic heterocycles. The first kappa shape index (κ1) is 16.5. The molecule has 134 valence electrons. The number of fused-ring (bicyclic) bond motifs is 1. The quantitative estimate of drug-likeness (QED) is 0.888. The molecule has 4 rings (SSSR count). The van der Waals surface area contributed by atoms with Gasteiger partial charge in [-0.3, -0.25) is 9.59 Å². The van der Waals surface area contributed by atoms with Gasteiger partial charge in [0.25, 0.3) is 5.91 Å². The van der Waals surface area contributed by atoms with Crippen LogP contribution in [-0.4, -0.2) is 58.0 Å². The van der Waals surface area contributed by atoms with Gasteiger partial charge in [-0.15, -0.1) is 0 Å². The van der Waals surface area contributed by atoms with E-state index in [9.17, 15) is 19.1 Å². The first-order chi connectivity index (χ1) is 12.0. The minimum atomic E-state index is -0.460. The van der Waals surface area contributed by atoms with Gasteiger partial charge in [-0.1, -0.05) is 12.8 Å². The molecule has 1 N–H and O–H groups in total. The number of aliphatic hydroxyl groups excluding tert-OH is 1. The molecule has 3 aliphatic rings. The maximum Gasteiger partial charge on any atom is 0.254 e. The number of carbonyl (C=O) groups excluding carboxylic acids is 2. The van der Waals surface area contributed by atoms with E-state index in [1.807, 2.05) is 0 Å². The highest BCUT2D eigenvalue weighted by Crippen LogP contribution is 2.41. The second kappa shape index (κ2) is 6.41. The predicted octanol–water partition coefficient (Wildman–Crippen LogP) is 1.80. The van der Waals surface area contributed by atoms with E-state index < -0.39 is 12.1 Å². The monoisotopic (exact) mass is 346 g/mol. The largest absolute Gasteiger partial charge is 0.389 e. The van der Waals surface area contributed by atoms with E-state index in [0.29, 0.717) is 31.0 Å². The standard InChI is InChI=1S/C19H23FN2O3/c20-14-7-5-12(6-8-14)18(24)22-16-4-2-1-3-13(16)9-17(22)19(25)21-10-15(23)11-21/h5-8,13,15-17,23H,1-4,9-11H2/t13-,16-,17-/m0/s1. The lowest BCUT2D eigenvalue weighted by atomic mass is 9.84. The van der Waals surface area contributed by atoms with Crippen molar-refractivity contribution in [2.45, 2.75) is 50.3 Å². The number of hydrogen-bond donors (Lipinski definition) is 1. The molecule has 0 aromatic heterocycles. The summed E-state index contributed by atoms with van der Waals surface area (Å²) >= 11 is 0. The summed E-state index contributed by atoms with van der Waals surface area (Å²) in [5, 5.41) is 9.49. The van der Waals surface area contributed by atoms with Crippen LogP contribution in [-0.2, 0) is 4.79 Å². The molecular weight excluding hydrogens is 323 g/mol. The van der Waals surface area contributed by atoms with Gasteiger partial charge in [-0.25, -0.2) is 4.39 Å². The number of hydrogen-bond acceptors (Lipinski definition) is 3. The van der Waals surface area contributed by atoms with Crippen molar-refractivity contribution in [3.05, 3.63) is 35.6 Å². The van der Waals surface area contributed by atoms with Gasteiger partial charge in [-0.2, -0.15) is 0 Å². The molecule has 2 saturated heterocycles. The maximum atomic E-state index is 13.2. The Morgan fingerprint density at radius 1 is 1.08 bits per heavy atom. The zero-order valence-electron chi connectivity index (χ0n) is 14.1. The normalized spacial score (nSPS) is 29.3. The highest BCUT2D eigenvalue weighted by molar-refractivity contribution is 5.98. The summed E-state index contributed by atoms with van der Waals surface area (Å²) in [6.45, 7) is 0.701. The molecule has 0 bridgehead atoms. The lowest BCUT2D eigenvalue weighted by molar-refractivity contribution is -0.145. The van der Waals surface area contributed by atoms with Crippen molar-refractivity contribution in [2.24, 2.45) is 5.92 Å². The molecule has 25 heavy (non-hydrogen) atoms. The zero-order chi connectivity index (χ0) is 17.6. The van der Waals surface area contributed by atoms with Crippen molar-refractivity contribution in [1.82, 2.24) is 9.80 Å². The molecule has 3 fully saturated rings. The van der Waals surface area contributed by atoms with Gasteiger partial charge >= 0.3 is 0 Å². The number of rotatable bonds is 2. The molecule has 1 aromatic carbocycles. The van der Waals surface area contributed by atoms with Crippen LogP contribution in [0.5, 0.6) is 0 Å². The number of amides is 2. The van der Waals surface area contributed by atoms with Gasteiger partial charge in [0.2, 0.25) is 5.91 Å². The summed E-state index contributed by atoms with van der Waals surface area (Å²) in [6, 6.07) is 5.17. The van der Waals surface area contributed by atoms with Crippen LogP contribution in [0.4, 0.5) is 4.39 Å². The first-order valence-corrected chi connectivity index (χ1v) is 9.09. The molecule has 6 heteroatoms. The molecule has 3 atom stereocenters. The third-order valence-electron chi connectivity index (χ3n) is 5.87. The van der Waals surface area contributed by atoms with Crippen LogP contribution in [0, 0.1) is 11.7 Å². The summed E-state index contributed by atoms with van der Waals surface area (Å²) in [7, 11) is 0. The molecule has 1 aromatic rings. The highest BCUT2D eigenvalue weighted by Gasteiger charge is 2.49. The summed E-state index contributed by atoms with van der Waals surface area (Å²) in [5.41, 5.74) is 0.425. The fourth-order valence-electron chi connectivity index (χ4n) is 4.56. The van der Waals surface area contributed by atoms with E-state index in [1.54, 1.807) is 9.80 Å². The summed E-state index contributed by atoms with van der Waals surface area (Å²) in [4.78, 5) is 29.4. The van der Waals surface area contributed by atoms with E-state index in [1.165, 1.54) is 24.3 Å². The Labute approximate surface area is 146 Å². The maximum absolute atomic E-state index is 13.2. The summed E-state index contributed by atoms with van der Waals surface area (Å²) in [6.07, 6.45) is 4.42. The Balaban J connectivity index is 1.61. The van der Waals surface area contributed by atoms with Crippen LogP contribution in [0.1, 0.15) is 42.5 Å². The van der Waals surface area contributed by atoms with Crippen molar-refractivity contribution in [3.63, 3.8) is 0 Å². The minimum absolute atomic E-state index is 0.0600. The Morgan fingerprint density at radius 2 is 1.76 bits per heavy atom. The molecule has 5 nitrogen and oxygen atoms in total. The first-order valence-electron chi connectivity index (χ1n) is 9.09. The van der Waals surface area contributed by atoms with E-state index in [0.717, 1.165) is 25.7 Å². The van der Waals surface area contributed by atoms with Crippen LogP contribution in [0.3, 0.4) is 0 Å². The Bertz CT molecular complexity index is 672. The molecule has 1 aliphatic carbocycles. The smallest absolute Gasteiger partial charge is 0.254 e. The van der Waals surface area contributed by atoms with E-state index in [4.69, 9.17) is 0 Å². The Kier molecular flexibility index (Phi) is 4.23. The minimum Gasteiger partial charge on any atom is -0.389 e. The topological polar surface area (TPSA) is 60.9 Å².